The minimum absolute atomic E-state index is 0.281. The summed E-state index contributed by atoms with van der Waals surface area (Å²) in [5.41, 5.74) is 1.87. The Balaban J connectivity index is 2.32. The maximum Gasteiger partial charge on any atom is 0.130 e. The molecule has 0 heterocycles. The van der Waals surface area contributed by atoms with E-state index in [9.17, 15) is 4.79 Å². The molecule has 0 bridgehead atoms. The van der Waals surface area contributed by atoms with Crippen molar-refractivity contribution >= 4 is 5.78 Å². The van der Waals surface area contributed by atoms with Gasteiger partial charge in [0.1, 0.15) is 5.78 Å². The van der Waals surface area contributed by atoms with Gasteiger partial charge in [0.25, 0.3) is 0 Å². The second-order valence-electron chi connectivity index (χ2n) is 5.49. The number of hydrogen-bond acceptors (Lipinski definition) is 1. The second kappa shape index (κ2) is 5.47. The van der Waals surface area contributed by atoms with Crippen LogP contribution in [0.3, 0.4) is 0 Å². The minimum Gasteiger partial charge on any atom is -0.300 e. The maximum absolute atomic E-state index is 10.8. The van der Waals surface area contributed by atoms with Crippen molar-refractivity contribution in [3.8, 4) is 0 Å². The van der Waals surface area contributed by atoms with Gasteiger partial charge in [-0.15, -0.1) is 0 Å². The lowest BCUT2D eigenvalue weighted by Gasteiger charge is -2.28. The van der Waals surface area contributed by atoms with Crippen LogP contribution in [0.1, 0.15) is 53.4 Å². The first kappa shape index (κ1) is 13.2. The Morgan fingerprint density at radius 2 is 2.19 bits per heavy atom. The smallest absolute Gasteiger partial charge is 0.130 e. The Morgan fingerprint density at radius 1 is 1.50 bits per heavy atom. The van der Waals surface area contributed by atoms with E-state index >= 15 is 0 Å². The summed E-state index contributed by atoms with van der Waals surface area (Å²) in [4.78, 5) is 10.8. The van der Waals surface area contributed by atoms with Gasteiger partial charge in [-0.25, -0.2) is 0 Å². The molecule has 1 unspecified atom stereocenters. The maximum atomic E-state index is 10.8. The standard InChI is InChI=1S/C15H24O/c1-12-10-11-14(15(12,3)4)9-7-5-6-8-13(2)16/h5,7,10,14H,6,8-9,11H2,1-4H3. The average molecular weight is 220 g/mol. The van der Waals surface area contributed by atoms with Gasteiger partial charge in [0.05, 0.1) is 0 Å². The van der Waals surface area contributed by atoms with Crippen LogP contribution in [0, 0.1) is 11.3 Å². The molecule has 0 saturated heterocycles. The molecule has 16 heavy (non-hydrogen) atoms. The average Bonchev–Trinajstić information content (AvgIpc) is 2.43. The Labute approximate surface area is 99.6 Å². The fourth-order valence-electron chi connectivity index (χ4n) is 2.25. The van der Waals surface area contributed by atoms with Crippen LogP contribution in [0.15, 0.2) is 23.8 Å². The van der Waals surface area contributed by atoms with Crippen LogP contribution in [-0.2, 0) is 4.79 Å². The fourth-order valence-corrected chi connectivity index (χ4v) is 2.25. The van der Waals surface area contributed by atoms with Crippen molar-refractivity contribution in [3.05, 3.63) is 23.8 Å². The molecule has 0 aromatic carbocycles. The third-order valence-electron chi connectivity index (χ3n) is 4.00. The van der Waals surface area contributed by atoms with Gasteiger partial charge in [-0.2, -0.15) is 0 Å². The predicted molar refractivity (Wildman–Crippen MR) is 69.3 cm³/mol. The molecule has 0 aliphatic heterocycles. The Morgan fingerprint density at radius 3 is 2.69 bits per heavy atom. The number of ketones is 1. The fraction of sp³-hybridized carbons (Fsp3) is 0.667. The van der Waals surface area contributed by atoms with Crippen LogP contribution in [0.4, 0.5) is 0 Å². The Bertz CT molecular complexity index is 307. The first-order valence-electron chi connectivity index (χ1n) is 6.26. The summed E-state index contributed by atoms with van der Waals surface area (Å²) in [6.45, 7) is 8.56. The van der Waals surface area contributed by atoms with Crippen LogP contribution in [0.25, 0.3) is 0 Å². The van der Waals surface area contributed by atoms with Crippen molar-refractivity contribution in [2.75, 3.05) is 0 Å². The molecule has 0 N–H and O–H groups in total. The largest absolute Gasteiger partial charge is 0.300 e. The molecule has 0 aromatic heterocycles. The number of Topliss-reactive ketones (excluding diaryl/α,β-unsaturated/α-hetero) is 1. The quantitative estimate of drug-likeness (QED) is 0.631. The van der Waals surface area contributed by atoms with E-state index in [1.165, 1.54) is 12.0 Å². The van der Waals surface area contributed by atoms with Crippen LogP contribution < -0.4 is 0 Å². The van der Waals surface area contributed by atoms with Crippen LogP contribution >= 0.6 is 0 Å². The van der Waals surface area contributed by atoms with Gasteiger partial charge >= 0.3 is 0 Å². The highest BCUT2D eigenvalue weighted by Crippen LogP contribution is 2.44. The summed E-state index contributed by atoms with van der Waals surface area (Å²) < 4.78 is 0. The lowest BCUT2D eigenvalue weighted by Crippen LogP contribution is -2.19. The molecule has 1 aliphatic rings. The molecule has 1 nitrogen and oxygen atoms in total. The van der Waals surface area contributed by atoms with Gasteiger partial charge in [-0.3, -0.25) is 0 Å². The number of carbonyl (C=O) groups excluding carboxylic acids is 1. The molecule has 1 atom stereocenters. The molecular weight excluding hydrogens is 196 g/mol. The van der Waals surface area contributed by atoms with E-state index in [1.807, 2.05) is 0 Å². The first-order chi connectivity index (χ1) is 7.44. The molecule has 0 saturated carbocycles. The van der Waals surface area contributed by atoms with Gasteiger partial charge in [0.2, 0.25) is 0 Å². The zero-order valence-corrected chi connectivity index (χ0v) is 11.0. The first-order valence-corrected chi connectivity index (χ1v) is 6.26. The second-order valence-corrected chi connectivity index (χ2v) is 5.49. The van der Waals surface area contributed by atoms with Crippen molar-refractivity contribution in [1.82, 2.24) is 0 Å². The highest BCUT2D eigenvalue weighted by molar-refractivity contribution is 5.75. The molecule has 0 aromatic rings. The molecule has 0 fully saturated rings. The monoisotopic (exact) mass is 220 g/mol. The highest BCUT2D eigenvalue weighted by atomic mass is 16.1. The molecule has 0 amide bonds. The summed E-state index contributed by atoms with van der Waals surface area (Å²) in [5, 5.41) is 0. The minimum atomic E-state index is 0.281. The molecule has 0 spiro atoms. The van der Waals surface area contributed by atoms with Crippen molar-refractivity contribution in [1.29, 1.82) is 0 Å². The van der Waals surface area contributed by atoms with E-state index in [0.717, 1.165) is 18.8 Å². The lowest BCUT2D eigenvalue weighted by atomic mass is 9.76. The van der Waals surface area contributed by atoms with Crippen molar-refractivity contribution in [2.45, 2.75) is 53.4 Å². The number of carbonyl (C=O) groups is 1. The van der Waals surface area contributed by atoms with Gasteiger partial charge in [-0.05, 0) is 44.4 Å². The van der Waals surface area contributed by atoms with Gasteiger partial charge in [0, 0.05) is 6.42 Å². The van der Waals surface area contributed by atoms with E-state index < -0.39 is 0 Å². The SMILES string of the molecule is CC(=O)CCC=CCC1CC=C(C)C1(C)C. The van der Waals surface area contributed by atoms with Crippen LogP contribution in [0.2, 0.25) is 0 Å². The van der Waals surface area contributed by atoms with E-state index in [2.05, 4.69) is 39.0 Å². The van der Waals surface area contributed by atoms with Gasteiger partial charge < -0.3 is 4.79 Å². The number of rotatable bonds is 5. The van der Waals surface area contributed by atoms with E-state index in [0.29, 0.717) is 11.8 Å². The third-order valence-corrected chi connectivity index (χ3v) is 4.00. The van der Waals surface area contributed by atoms with E-state index in [-0.39, 0.29) is 5.78 Å². The van der Waals surface area contributed by atoms with Crippen molar-refractivity contribution < 1.29 is 4.79 Å². The lowest BCUT2D eigenvalue weighted by molar-refractivity contribution is -0.116. The third kappa shape index (κ3) is 3.33. The molecule has 1 rings (SSSR count). The summed E-state index contributed by atoms with van der Waals surface area (Å²) in [5.74, 6) is 1.02. The normalized spacial score (nSPS) is 23.8. The predicted octanol–water partition coefficient (Wildman–Crippen LogP) is 4.29. The van der Waals surface area contributed by atoms with Gasteiger partial charge in [-0.1, -0.05) is 37.6 Å². The van der Waals surface area contributed by atoms with Crippen LogP contribution in [-0.4, -0.2) is 5.78 Å². The number of hydrogen-bond donors (Lipinski definition) is 0. The Hall–Kier alpha value is -0.850. The number of allylic oxidation sites excluding steroid dienone is 4. The summed E-state index contributed by atoms with van der Waals surface area (Å²) in [6.07, 6.45) is 10.7. The molecule has 90 valence electrons. The summed E-state index contributed by atoms with van der Waals surface area (Å²) >= 11 is 0. The van der Waals surface area contributed by atoms with Crippen molar-refractivity contribution in [2.24, 2.45) is 11.3 Å². The highest BCUT2D eigenvalue weighted by Gasteiger charge is 2.33. The van der Waals surface area contributed by atoms with Crippen LogP contribution in [0.5, 0.6) is 0 Å². The zero-order valence-electron chi connectivity index (χ0n) is 11.0. The zero-order chi connectivity index (χ0) is 12.2. The molecule has 0 radical (unpaired) electrons. The van der Waals surface area contributed by atoms with Crippen molar-refractivity contribution in [3.63, 3.8) is 0 Å². The van der Waals surface area contributed by atoms with E-state index in [1.54, 1.807) is 6.92 Å². The summed E-state index contributed by atoms with van der Waals surface area (Å²) in [7, 11) is 0. The summed E-state index contributed by atoms with van der Waals surface area (Å²) in [6, 6.07) is 0. The molecular formula is C15H24O. The van der Waals surface area contributed by atoms with Gasteiger partial charge in [0.15, 0.2) is 0 Å². The molecule has 1 heteroatoms. The Kier molecular flexibility index (Phi) is 4.52. The molecule has 1 aliphatic carbocycles. The topological polar surface area (TPSA) is 17.1 Å². The van der Waals surface area contributed by atoms with E-state index in [4.69, 9.17) is 0 Å².